The van der Waals surface area contributed by atoms with Crippen LogP contribution in [-0.4, -0.2) is 21.2 Å². The number of phenolic OH excluding ortho intramolecular Hbond substituents is 1. The van der Waals surface area contributed by atoms with Crippen molar-refractivity contribution in [3.8, 4) is 27.6 Å². The van der Waals surface area contributed by atoms with E-state index < -0.39 is 5.97 Å². The molecule has 0 saturated heterocycles. The van der Waals surface area contributed by atoms with Crippen molar-refractivity contribution in [2.45, 2.75) is 26.7 Å². The highest BCUT2D eigenvalue weighted by Gasteiger charge is 2.25. The molecule has 3 aromatic rings. The Kier molecular flexibility index (Phi) is 4.43. The van der Waals surface area contributed by atoms with Crippen molar-refractivity contribution in [3.05, 3.63) is 45.0 Å². The van der Waals surface area contributed by atoms with Crippen LogP contribution in [0.25, 0.3) is 21.8 Å². The van der Waals surface area contributed by atoms with Gasteiger partial charge in [0.15, 0.2) is 0 Å². The van der Waals surface area contributed by atoms with E-state index in [1.807, 2.05) is 18.4 Å². The monoisotopic (exact) mass is 359 g/mol. The molecule has 24 heavy (non-hydrogen) atoms. The topological polar surface area (TPSA) is 70.4 Å². The zero-order valence-electron chi connectivity index (χ0n) is 13.5. The summed E-state index contributed by atoms with van der Waals surface area (Å²) in [6, 6.07) is 6.90. The zero-order chi connectivity index (χ0) is 17.4. The van der Waals surface area contributed by atoms with Gasteiger partial charge >= 0.3 is 5.97 Å². The fourth-order valence-electron chi connectivity index (χ4n) is 2.80. The minimum Gasteiger partial charge on any atom is -0.508 e. The number of carbonyl (C=O) groups is 1. The quantitative estimate of drug-likeness (QED) is 0.656. The summed E-state index contributed by atoms with van der Waals surface area (Å²) in [5.74, 6) is -0.515. The second-order valence-electron chi connectivity index (χ2n) is 5.82. The first-order valence-electron chi connectivity index (χ1n) is 7.50. The highest BCUT2D eigenvalue weighted by molar-refractivity contribution is 7.16. The summed E-state index contributed by atoms with van der Waals surface area (Å²) in [4.78, 5) is 17.7. The normalized spacial score (nSPS) is 11.2. The number of aromatic hydroxyl groups is 1. The molecule has 0 aliphatic rings. The van der Waals surface area contributed by atoms with Crippen molar-refractivity contribution in [1.29, 1.82) is 0 Å². The third-order valence-corrected chi connectivity index (χ3v) is 5.73. The summed E-state index contributed by atoms with van der Waals surface area (Å²) < 4.78 is 0. The first-order valence-corrected chi connectivity index (χ1v) is 9.20. The van der Waals surface area contributed by atoms with Crippen LogP contribution in [-0.2, 0) is 0 Å². The van der Waals surface area contributed by atoms with Gasteiger partial charge < -0.3 is 10.2 Å². The van der Waals surface area contributed by atoms with E-state index >= 15 is 0 Å². The van der Waals surface area contributed by atoms with Gasteiger partial charge in [-0.05, 0) is 30.5 Å². The Morgan fingerprint density at radius 1 is 1.29 bits per heavy atom. The third kappa shape index (κ3) is 2.95. The van der Waals surface area contributed by atoms with Gasteiger partial charge in [-0.1, -0.05) is 26.0 Å². The van der Waals surface area contributed by atoms with E-state index in [1.165, 1.54) is 22.7 Å². The molecular formula is C18H17NO3S2. The SMILES string of the molecule is Cc1sc(C(=O)O)c(-c2nc(-c3cccc(O)c3)cs2)c1C(C)C. The smallest absolute Gasteiger partial charge is 0.346 e. The molecule has 0 unspecified atom stereocenters. The number of aromatic carboxylic acids is 1. The number of rotatable bonds is 4. The molecule has 0 bridgehead atoms. The maximum Gasteiger partial charge on any atom is 0.346 e. The molecule has 0 radical (unpaired) electrons. The molecule has 0 saturated carbocycles. The van der Waals surface area contributed by atoms with E-state index in [1.54, 1.807) is 18.2 Å². The van der Waals surface area contributed by atoms with Crippen LogP contribution >= 0.6 is 22.7 Å². The van der Waals surface area contributed by atoms with E-state index in [9.17, 15) is 15.0 Å². The minimum atomic E-state index is -0.917. The number of nitrogens with zero attached hydrogens (tertiary/aromatic N) is 1. The second kappa shape index (κ2) is 6.37. The van der Waals surface area contributed by atoms with Gasteiger partial charge in [0.05, 0.1) is 5.69 Å². The van der Waals surface area contributed by atoms with Crippen LogP contribution < -0.4 is 0 Å². The lowest BCUT2D eigenvalue weighted by molar-refractivity contribution is 0.0703. The van der Waals surface area contributed by atoms with E-state index in [0.717, 1.165) is 27.3 Å². The number of hydrogen-bond donors (Lipinski definition) is 2. The van der Waals surface area contributed by atoms with Crippen molar-refractivity contribution >= 4 is 28.6 Å². The zero-order valence-corrected chi connectivity index (χ0v) is 15.2. The molecule has 6 heteroatoms. The van der Waals surface area contributed by atoms with Crippen LogP contribution in [0.1, 0.15) is 39.9 Å². The van der Waals surface area contributed by atoms with Crippen LogP contribution in [0.2, 0.25) is 0 Å². The third-order valence-electron chi connectivity index (χ3n) is 3.76. The van der Waals surface area contributed by atoms with Crippen LogP contribution in [0.5, 0.6) is 5.75 Å². The summed E-state index contributed by atoms with van der Waals surface area (Å²) in [5.41, 5.74) is 3.33. The highest BCUT2D eigenvalue weighted by Crippen LogP contribution is 2.42. The van der Waals surface area contributed by atoms with E-state index in [-0.39, 0.29) is 11.7 Å². The highest BCUT2D eigenvalue weighted by atomic mass is 32.1. The Bertz CT molecular complexity index is 909. The number of hydrogen-bond acceptors (Lipinski definition) is 5. The van der Waals surface area contributed by atoms with E-state index in [0.29, 0.717) is 9.88 Å². The van der Waals surface area contributed by atoms with Crippen LogP contribution in [0.4, 0.5) is 0 Å². The van der Waals surface area contributed by atoms with Gasteiger partial charge in [0.25, 0.3) is 0 Å². The fraction of sp³-hybridized carbons (Fsp3) is 0.222. The predicted octanol–water partition coefficient (Wildman–Crippen LogP) is 5.37. The lowest BCUT2D eigenvalue weighted by Gasteiger charge is -2.08. The van der Waals surface area contributed by atoms with Gasteiger partial charge in [0.2, 0.25) is 0 Å². The lowest BCUT2D eigenvalue weighted by atomic mass is 9.98. The molecule has 4 nitrogen and oxygen atoms in total. The van der Waals surface area contributed by atoms with E-state index in [4.69, 9.17) is 0 Å². The standard InChI is InChI=1S/C18H17NO3S2/c1-9(2)14-10(3)24-16(18(21)22)15(14)17-19-13(8-23-17)11-5-4-6-12(20)7-11/h4-9,20H,1-3H3,(H,21,22). The maximum absolute atomic E-state index is 11.7. The van der Waals surface area contributed by atoms with Gasteiger partial charge in [0.1, 0.15) is 15.6 Å². The number of benzene rings is 1. The molecule has 0 aliphatic heterocycles. The molecule has 0 aliphatic carbocycles. The molecule has 124 valence electrons. The van der Waals surface area contributed by atoms with E-state index in [2.05, 4.69) is 18.8 Å². The average Bonchev–Trinajstić information content (AvgIpc) is 3.11. The largest absolute Gasteiger partial charge is 0.508 e. The van der Waals surface area contributed by atoms with Crippen molar-refractivity contribution in [2.75, 3.05) is 0 Å². The summed E-state index contributed by atoms with van der Waals surface area (Å²) in [6.07, 6.45) is 0. The van der Waals surface area contributed by atoms with Gasteiger partial charge in [-0.25, -0.2) is 9.78 Å². The van der Waals surface area contributed by atoms with Gasteiger partial charge in [-0.15, -0.1) is 22.7 Å². The molecular weight excluding hydrogens is 342 g/mol. The van der Waals surface area contributed by atoms with Crippen LogP contribution in [0.15, 0.2) is 29.6 Å². The molecule has 0 fully saturated rings. The summed E-state index contributed by atoms with van der Waals surface area (Å²) in [7, 11) is 0. The average molecular weight is 359 g/mol. The first-order chi connectivity index (χ1) is 11.4. The molecule has 2 N–H and O–H groups in total. The molecule has 1 aromatic carbocycles. The number of phenols is 1. The summed E-state index contributed by atoms with van der Waals surface area (Å²) >= 11 is 2.74. The van der Waals surface area contributed by atoms with Crippen molar-refractivity contribution < 1.29 is 15.0 Å². The number of carboxylic acid groups (broad SMARTS) is 1. The van der Waals surface area contributed by atoms with Crippen LogP contribution in [0, 0.1) is 6.92 Å². The van der Waals surface area contributed by atoms with Crippen molar-refractivity contribution in [2.24, 2.45) is 0 Å². The molecule has 0 spiro atoms. The van der Waals surface area contributed by atoms with Gasteiger partial charge in [-0.3, -0.25) is 0 Å². The van der Waals surface area contributed by atoms with Crippen molar-refractivity contribution in [3.63, 3.8) is 0 Å². The number of aromatic nitrogens is 1. The maximum atomic E-state index is 11.7. The van der Waals surface area contributed by atoms with Gasteiger partial charge in [0, 0.05) is 21.4 Å². The Labute approximate surface area is 148 Å². The van der Waals surface area contributed by atoms with Crippen molar-refractivity contribution in [1.82, 2.24) is 4.98 Å². The lowest BCUT2D eigenvalue weighted by Crippen LogP contribution is -1.98. The Morgan fingerprint density at radius 3 is 2.67 bits per heavy atom. The van der Waals surface area contributed by atoms with Gasteiger partial charge in [-0.2, -0.15) is 0 Å². The molecule has 2 aromatic heterocycles. The Hall–Kier alpha value is -2.18. The molecule has 0 amide bonds. The molecule has 0 atom stereocenters. The minimum absolute atomic E-state index is 0.183. The summed E-state index contributed by atoms with van der Waals surface area (Å²) in [6.45, 7) is 6.08. The Morgan fingerprint density at radius 2 is 2.04 bits per heavy atom. The second-order valence-corrected chi connectivity index (χ2v) is 7.91. The molecule has 2 heterocycles. The number of aryl methyl sites for hydroxylation is 1. The number of carboxylic acids is 1. The molecule has 3 rings (SSSR count). The Balaban J connectivity index is 2.15. The van der Waals surface area contributed by atoms with Crippen LogP contribution in [0.3, 0.4) is 0 Å². The fourth-order valence-corrected chi connectivity index (χ4v) is 4.91. The number of thiophene rings is 1. The first kappa shape index (κ1) is 16.7. The number of thiazole rings is 1. The predicted molar refractivity (Wildman–Crippen MR) is 98.3 cm³/mol. The summed E-state index contributed by atoms with van der Waals surface area (Å²) in [5, 5.41) is 21.8.